The zero-order chi connectivity index (χ0) is 18.0. The summed E-state index contributed by atoms with van der Waals surface area (Å²) in [5, 5.41) is 9.84. The van der Waals surface area contributed by atoms with Gasteiger partial charge in [0.15, 0.2) is 11.5 Å². The van der Waals surface area contributed by atoms with Crippen molar-refractivity contribution in [2.24, 2.45) is 5.92 Å². The van der Waals surface area contributed by atoms with E-state index < -0.39 is 0 Å². The first-order valence-electron chi connectivity index (χ1n) is 8.32. The fourth-order valence-corrected chi connectivity index (χ4v) is 4.30. The summed E-state index contributed by atoms with van der Waals surface area (Å²) in [5.41, 5.74) is 0.690. The zero-order valence-electron chi connectivity index (χ0n) is 14.0. The highest BCUT2D eigenvalue weighted by atomic mass is 79.9. The Morgan fingerprint density at radius 1 is 1.32 bits per heavy atom. The molecule has 0 unspecified atom stereocenters. The van der Waals surface area contributed by atoms with E-state index in [0.29, 0.717) is 33.2 Å². The number of amides is 2. The number of benzene rings is 1. The molecule has 1 aliphatic heterocycles. The standard InChI is InChI=1S/C18H20BrNO4S/c1-20-17(22)16(25-18(20)23)8-12-7-15(14(21)9-13(12)19)24-10-11-5-3-2-4-6-11/h7-9,11,21H,2-6,10H2,1H3/b16-8-. The Hall–Kier alpha value is -1.47. The number of halogens is 1. The molecule has 5 nitrogen and oxygen atoms in total. The summed E-state index contributed by atoms with van der Waals surface area (Å²) in [6, 6.07) is 3.25. The van der Waals surface area contributed by atoms with Gasteiger partial charge in [0, 0.05) is 11.5 Å². The van der Waals surface area contributed by atoms with Gasteiger partial charge in [-0.25, -0.2) is 0 Å². The third-order valence-corrected chi connectivity index (χ3v) is 6.20. The van der Waals surface area contributed by atoms with E-state index in [1.165, 1.54) is 26.3 Å². The van der Waals surface area contributed by atoms with Gasteiger partial charge in [-0.05, 0) is 54.3 Å². The van der Waals surface area contributed by atoms with E-state index >= 15 is 0 Å². The number of nitrogens with zero attached hydrogens (tertiary/aromatic N) is 1. The monoisotopic (exact) mass is 425 g/mol. The first-order chi connectivity index (χ1) is 12.0. The molecule has 0 radical (unpaired) electrons. The van der Waals surface area contributed by atoms with Crippen LogP contribution in [-0.4, -0.2) is 34.8 Å². The van der Waals surface area contributed by atoms with E-state index in [-0.39, 0.29) is 16.9 Å². The number of ether oxygens (including phenoxy) is 1. The summed E-state index contributed by atoms with van der Waals surface area (Å²) in [5.74, 6) is 0.663. The number of phenols is 1. The number of thioether (sulfide) groups is 1. The molecule has 1 aromatic rings. The molecular formula is C18H20BrNO4S. The van der Waals surface area contributed by atoms with Crippen LogP contribution in [0.5, 0.6) is 11.5 Å². The van der Waals surface area contributed by atoms with Crippen LogP contribution >= 0.6 is 27.7 Å². The Morgan fingerprint density at radius 2 is 2.04 bits per heavy atom. The van der Waals surface area contributed by atoms with E-state index in [9.17, 15) is 14.7 Å². The Balaban J connectivity index is 1.78. The third kappa shape index (κ3) is 4.20. The molecule has 134 valence electrons. The van der Waals surface area contributed by atoms with Crippen molar-refractivity contribution in [2.75, 3.05) is 13.7 Å². The lowest BCUT2D eigenvalue weighted by molar-refractivity contribution is -0.121. The van der Waals surface area contributed by atoms with Crippen LogP contribution in [-0.2, 0) is 4.79 Å². The van der Waals surface area contributed by atoms with Gasteiger partial charge in [-0.15, -0.1) is 0 Å². The Labute approximate surface area is 159 Å². The second-order valence-corrected chi connectivity index (χ2v) is 8.24. The van der Waals surface area contributed by atoms with E-state index in [1.807, 2.05) is 0 Å². The van der Waals surface area contributed by atoms with E-state index in [2.05, 4.69) is 15.9 Å². The van der Waals surface area contributed by atoms with Gasteiger partial charge in [-0.3, -0.25) is 14.5 Å². The summed E-state index contributed by atoms with van der Waals surface area (Å²) >= 11 is 4.29. The highest BCUT2D eigenvalue weighted by Crippen LogP contribution is 2.37. The highest BCUT2D eigenvalue weighted by molar-refractivity contribution is 9.10. The number of aromatic hydroxyl groups is 1. The molecule has 7 heteroatoms. The number of hydrogen-bond donors (Lipinski definition) is 1. The minimum Gasteiger partial charge on any atom is -0.504 e. The van der Waals surface area contributed by atoms with Crippen molar-refractivity contribution >= 4 is 44.9 Å². The molecule has 1 heterocycles. The van der Waals surface area contributed by atoms with Crippen LogP contribution in [0.2, 0.25) is 0 Å². The normalized spacial score (nSPS) is 20.6. The molecule has 1 aliphatic carbocycles. The highest BCUT2D eigenvalue weighted by Gasteiger charge is 2.32. The molecule has 0 atom stereocenters. The SMILES string of the molecule is CN1C(=O)S/C(=C\c2cc(OCC3CCCCC3)c(O)cc2Br)C1=O. The summed E-state index contributed by atoms with van der Waals surface area (Å²) in [7, 11) is 1.46. The largest absolute Gasteiger partial charge is 0.504 e. The second kappa shape index (κ2) is 7.83. The van der Waals surface area contributed by atoms with Crippen LogP contribution < -0.4 is 4.74 Å². The summed E-state index contributed by atoms with van der Waals surface area (Å²) in [6.07, 6.45) is 7.72. The number of hydrogen-bond acceptors (Lipinski definition) is 5. The molecular weight excluding hydrogens is 406 g/mol. The zero-order valence-corrected chi connectivity index (χ0v) is 16.4. The molecule has 3 rings (SSSR count). The lowest BCUT2D eigenvalue weighted by Gasteiger charge is -2.22. The summed E-state index contributed by atoms with van der Waals surface area (Å²) in [6.45, 7) is 0.583. The summed E-state index contributed by atoms with van der Waals surface area (Å²) < 4.78 is 6.47. The van der Waals surface area contributed by atoms with Crippen molar-refractivity contribution < 1.29 is 19.4 Å². The number of phenolic OH excluding ortho intramolecular Hbond substituents is 1. The van der Waals surface area contributed by atoms with E-state index in [1.54, 1.807) is 18.2 Å². The molecule has 1 saturated carbocycles. The van der Waals surface area contributed by atoms with Crippen molar-refractivity contribution in [3.05, 3.63) is 27.1 Å². The van der Waals surface area contributed by atoms with Gasteiger partial charge >= 0.3 is 0 Å². The van der Waals surface area contributed by atoms with Crippen LogP contribution in [0.15, 0.2) is 21.5 Å². The Morgan fingerprint density at radius 3 is 2.68 bits per heavy atom. The van der Waals surface area contributed by atoms with Crippen LogP contribution in [0.3, 0.4) is 0 Å². The van der Waals surface area contributed by atoms with Gasteiger partial charge in [-0.2, -0.15) is 0 Å². The average Bonchev–Trinajstić information content (AvgIpc) is 2.84. The van der Waals surface area contributed by atoms with Crippen molar-refractivity contribution in [1.82, 2.24) is 4.90 Å². The molecule has 0 aromatic heterocycles. The topological polar surface area (TPSA) is 66.8 Å². The van der Waals surface area contributed by atoms with Crippen molar-refractivity contribution in [2.45, 2.75) is 32.1 Å². The molecule has 1 saturated heterocycles. The molecule has 1 aromatic carbocycles. The maximum absolute atomic E-state index is 12.0. The van der Waals surface area contributed by atoms with Gasteiger partial charge in [0.05, 0.1) is 11.5 Å². The van der Waals surface area contributed by atoms with E-state index in [4.69, 9.17) is 4.74 Å². The van der Waals surface area contributed by atoms with Crippen molar-refractivity contribution in [3.8, 4) is 11.5 Å². The summed E-state index contributed by atoms with van der Waals surface area (Å²) in [4.78, 5) is 25.1. The van der Waals surface area contributed by atoms with Gasteiger partial charge in [0.2, 0.25) is 0 Å². The lowest BCUT2D eigenvalue weighted by atomic mass is 9.90. The predicted octanol–water partition coefficient (Wildman–Crippen LogP) is 4.78. The number of carbonyl (C=O) groups excluding carboxylic acids is 2. The van der Waals surface area contributed by atoms with Crippen molar-refractivity contribution in [3.63, 3.8) is 0 Å². The number of carbonyl (C=O) groups is 2. The predicted molar refractivity (Wildman–Crippen MR) is 102 cm³/mol. The molecule has 2 aliphatic rings. The van der Waals surface area contributed by atoms with Gasteiger partial charge in [-0.1, -0.05) is 35.2 Å². The van der Waals surface area contributed by atoms with Gasteiger partial charge in [0.1, 0.15) is 0 Å². The van der Waals surface area contributed by atoms with Crippen LogP contribution in [0.25, 0.3) is 6.08 Å². The number of rotatable bonds is 4. The molecule has 1 N–H and O–H groups in total. The van der Waals surface area contributed by atoms with Gasteiger partial charge in [0.25, 0.3) is 11.1 Å². The first kappa shape index (κ1) is 18.3. The molecule has 0 bridgehead atoms. The lowest BCUT2D eigenvalue weighted by Crippen LogP contribution is -2.22. The molecule has 2 fully saturated rings. The Bertz CT molecular complexity index is 728. The maximum Gasteiger partial charge on any atom is 0.293 e. The molecule has 0 spiro atoms. The smallest absolute Gasteiger partial charge is 0.293 e. The fraction of sp³-hybridized carbons (Fsp3) is 0.444. The van der Waals surface area contributed by atoms with Crippen LogP contribution in [0.4, 0.5) is 4.79 Å². The number of imide groups is 1. The van der Waals surface area contributed by atoms with Crippen molar-refractivity contribution in [1.29, 1.82) is 0 Å². The first-order valence-corrected chi connectivity index (χ1v) is 9.93. The minimum absolute atomic E-state index is 0.0587. The third-order valence-electron chi connectivity index (χ3n) is 4.55. The minimum atomic E-state index is -0.320. The fourth-order valence-electron chi connectivity index (χ4n) is 3.03. The molecule has 2 amide bonds. The number of likely N-dealkylation sites (N-methyl/N-ethyl adjacent to an activating group) is 1. The van der Waals surface area contributed by atoms with E-state index in [0.717, 1.165) is 29.5 Å². The van der Waals surface area contributed by atoms with Crippen LogP contribution in [0.1, 0.15) is 37.7 Å². The Kier molecular flexibility index (Phi) is 5.74. The molecule has 25 heavy (non-hydrogen) atoms. The maximum atomic E-state index is 12.0. The van der Waals surface area contributed by atoms with Crippen LogP contribution in [0, 0.1) is 5.92 Å². The van der Waals surface area contributed by atoms with Gasteiger partial charge < -0.3 is 9.84 Å². The average molecular weight is 426 g/mol. The quantitative estimate of drug-likeness (QED) is 0.702. The second-order valence-electron chi connectivity index (χ2n) is 6.40.